The Morgan fingerprint density at radius 3 is 2.04 bits per heavy atom. The van der Waals surface area contributed by atoms with Crippen molar-refractivity contribution in [1.29, 1.82) is 0 Å². The minimum atomic E-state index is -0.872. The molecule has 3 amide bonds. The van der Waals surface area contributed by atoms with Gasteiger partial charge in [-0.2, -0.15) is 0 Å². The molecule has 1 aromatic rings. The number of carbonyl (C=O) groups excluding carboxylic acids is 4. The Morgan fingerprint density at radius 2 is 1.54 bits per heavy atom. The lowest BCUT2D eigenvalue weighted by molar-refractivity contribution is -0.149. The molecule has 2 N–H and O–H groups in total. The van der Waals surface area contributed by atoms with Gasteiger partial charge in [-0.05, 0) is 57.2 Å². The summed E-state index contributed by atoms with van der Waals surface area (Å²) >= 11 is 0. The highest BCUT2D eigenvalue weighted by Gasteiger charge is 2.43. The zero-order valence-electron chi connectivity index (χ0n) is 34.3. The highest BCUT2D eigenvalue weighted by molar-refractivity contribution is 5.90. The largest absolute Gasteiger partial charge is 0.386 e. The van der Waals surface area contributed by atoms with E-state index in [0.717, 1.165) is 12.8 Å². The third-order valence-corrected chi connectivity index (χ3v) is 11.3. The second-order valence-electron chi connectivity index (χ2n) is 15.9. The molecule has 2 rings (SSSR count). The first kappa shape index (κ1) is 45.3. The average molecular weight is 731 g/mol. The number of aliphatic hydroxyl groups is 1. The molecule has 296 valence electrons. The Kier molecular flexibility index (Phi) is 18.4. The van der Waals surface area contributed by atoms with Crippen LogP contribution in [0.1, 0.15) is 99.2 Å². The normalized spacial score (nSPS) is 20.2. The van der Waals surface area contributed by atoms with Gasteiger partial charge in [0.2, 0.25) is 17.7 Å². The van der Waals surface area contributed by atoms with Crippen LogP contribution in [-0.4, -0.2) is 122 Å². The smallest absolute Gasteiger partial charge is 0.226 e. The Bertz CT molecular complexity index is 1270. The van der Waals surface area contributed by atoms with Crippen LogP contribution in [0.15, 0.2) is 30.3 Å². The van der Waals surface area contributed by atoms with Crippen LogP contribution in [-0.2, 0) is 28.7 Å². The SMILES string of the molecule is CC[C@H](C)[C@@H]([C@@H](CC(=O)N1CCC[C@H]1[C@H](OC)[C@@H](C)C(=O)N[C@H](C)[C@@H](O)c1ccccc1)OC)N(C)C(=O)[C@@H](CC(=O)[C@H](C(C)C)N(C)C)C(C)C. The summed E-state index contributed by atoms with van der Waals surface area (Å²) in [6.07, 6.45) is 0.394. The third kappa shape index (κ3) is 11.6. The maximum atomic E-state index is 14.3. The first-order valence-corrected chi connectivity index (χ1v) is 19.3. The van der Waals surface area contributed by atoms with Crippen LogP contribution in [0.5, 0.6) is 0 Å². The van der Waals surface area contributed by atoms with Crippen LogP contribution in [0, 0.1) is 29.6 Å². The molecule has 1 aromatic carbocycles. The molecule has 52 heavy (non-hydrogen) atoms. The van der Waals surface area contributed by atoms with Gasteiger partial charge >= 0.3 is 0 Å². The average Bonchev–Trinajstić information content (AvgIpc) is 3.59. The summed E-state index contributed by atoms with van der Waals surface area (Å²) < 4.78 is 12.0. The van der Waals surface area contributed by atoms with Crippen molar-refractivity contribution in [2.45, 2.75) is 130 Å². The monoisotopic (exact) mass is 731 g/mol. The Hall–Kier alpha value is -2.86. The number of amides is 3. The van der Waals surface area contributed by atoms with Crippen molar-refractivity contribution in [3.63, 3.8) is 0 Å². The van der Waals surface area contributed by atoms with Crippen LogP contribution in [0.25, 0.3) is 0 Å². The lowest BCUT2D eigenvalue weighted by Gasteiger charge is -2.41. The fourth-order valence-corrected chi connectivity index (χ4v) is 8.14. The van der Waals surface area contributed by atoms with Gasteiger partial charge in [0.15, 0.2) is 5.78 Å². The Morgan fingerprint density at radius 1 is 0.923 bits per heavy atom. The molecule has 0 radical (unpaired) electrons. The van der Waals surface area contributed by atoms with E-state index in [0.29, 0.717) is 18.5 Å². The Balaban J connectivity index is 2.25. The highest BCUT2D eigenvalue weighted by atomic mass is 16.5. The summed E-state index contributed by atoms with van der Waals surface area (Å²) in [7, 11) is 8.71. The summed E-state index contributed by atoms with van der Waals surface area (Å²) in [5, 5.41) is 13.8. The number of nitrogens with zero attached hydrogens (tertiary/aromatic N) is 3. The lowest BCUT2D eigenvalue weighted by atomic mass is 9.83. The predicted molar refractivity (Wildman–Crippen MR) is 205 cm³/mol. The number of rotatable bonds is 21. The summed E-state index contributed by atoms with van der Waals surface area (Å²) in [4.78, 5) is 60.9. The van der Waals surface area contributed by atoms with Crippen molar-refractivity contribution in [1.82, 2.24) is 20.0 Å². The van der Waals surface area contributed by atoms with Gasteiger partial charge in [0.05, 0.1) is 54.8 Å². The highest BCUT2D eigenvalue weighted by Crippen LogP contribution is 2.31. The maximum absolute atomic E-state index is 14.3. The molecule has 1 fully saturated rings. The molecule has 11 heteroatoms. The zero-order valence-corrected chi connectivity index (χ0v) is 34.3. The van der Waals surface area contributed by atoms with Crippen molar-refractivity contribution in [2.75, 3.05) is 41.9 Å². The van der Waals surface area contributed by atoms with E-state index in [-0.39, 0.29) is 66.2 Å². The number of methoxy groups -OCH3 is 2. The van der Waals surface area contributed by atoms with Gasteiger partial charge in [-0.25, -0.2) is 0 Å². The first-order chi connectivity index (χ1) is 24.4. The number of hydrogen-bond acceptors (Lipinski definition) is 8. The number of aliphatic hydroxyl groups excluding tert-OH is 1. The van der Waals surface area contributed by atoms with Crippen molar-refractivity contribution >= 4 is 23.5 Å². The number of likely N-dealkylation sites (tertiary alicyclic amines) is 1. The lowest BCUT2D eigenvalue weighted by Crippen LogP contribution is -2.54. The Labute approximate surface area is 314 Å². The van der Waals surface area contributed by atoms with Gasteiger partial charge in [-0.1, -0.05) is 85.2 Å². The molecule has 0 saturated carbocycles. The molecule has 0 bridgehead atoms. The molecule has 1 aliphatic heterocycles. The molecule has 10 atom stereocenters. The van der Waals surface area contributed by atoms with Crippen LogP contribution >= 0.6 is 0 Å². The first-order valence-electron chi connectivity index (χ1n) is 19.3. The van der Waals surface area contributed by atoms with E-state index >= 15 is 0 Å². The van der Waals surface area contributed by atoms with Crippen LogP contribution in [0.4, 0.5) is 0 Å². The van der Waals surface area contributed by atoms with E-state index in [9.17, 15) is 24.3 Å². The summed E-state index contributed by atoms with van der Waals surface area (Å²) in [6, 6.07) is 7.66. The summed E-state index contributed by atoms with van der Waals surface area (Å²) in [5.41, 5.74) is 0.715. The second-order valence-corrected chi connectivity index (χ2v) is 15.9. The van der Waals surface area contributed by atoms with Gasteiger partial charge < -0.3 is 29.7 Å². The van der Waals surface area contributed by atoms with E-state index in [1.807, 2.05) is 81.9 Å². The number of ether oxygens (including phenoxy) is 2. The number of ketones is 1. The van der Waals surface area contributed by atoms with Gasteiger partial charge in [-0.15, -0.1) is 0 Å². The van der Waals surface area contributed by atoms with Gasteiger partial charge in [0.1, 0.15) is 0 Å². The van der Waals surface area contributed by atoms with Crippen molar-refractivity contribution < 1.29 is 33.8 Å². The molecule has 11 nitrogen and oxygen atoms in total. The molecule has 1 aliphatic rings. The van der Waals surface area contributed by atoms with E-state index in [2.05, 4.69) is 19.2 Å². The summed E-state index contributed by atoms with van der Waals surface area (Å²) in [5.74, 6) is -1.48. The van der Waals surface area contributed by atoms with Gasteiger partial charge in [0.25, 0.3) is 0 Å². The third-order valence-electron chi connectivity index (χ3n) is 11.3. The van der Waals surface area contributed by atoms with Crippen LogP contribution in [0.2, 0.25) is 0 Å². The fraction of sp³-hybridized carbons (Fsp3) is 0.756. The zero-order chi connectivity index (χ0) is 39.4. The van der Waals surface area contributed by atoms with Gasteiger partial charge in [-0.3, -0.25) is 24.1 Å². The number of likely N-dealkylation sites (N-methyl/N-ethyl adjacent to an activating group) is 2. The number of nitrogens with one attached hydrogen (secondary N) is 1. The minimum Gasteiger partial charge on any atom is -0.386 e. The second kappa shape index (κ2) is 21.1. The van der Waals surface area contributed by atoms with Crippen LogP contribution < -0.4 is 5.32 Å². The number of Topliss-reactive ketones (excluding diaryl/α,β-unsaturated/α-hetero) is 1. The van der Waals surface area contributed by atoms with E-state index in [4.69, 9.17) is 9.47 Å². The van der Waals surface area contributed by atoms with E-state index < -0.39 is 42.2 Å². The number of benzene rings is 1. The molecular weight excluding hydrogens is 660 g/mol. The quantitative estimate of drug-likeness (QED) is 0.182. The van der Waals surface area contributed by atoms with Gasteiger partial charge in [0, 0.05) is 40.2 Å². The minimum absolute atomic E-state index is 0.0124. The molecule has 0 unspecified atom stereocenters. The molecule has 0 spiro atoms. The van der Waals surface area contributed by atoms with Crippen molar-refractivity contribution in [3.05, 3.63) is 35.9 Å². The van der Waals surface area contributed by atoms with Crippen LogP contribution in [0.3, 0.4) is 0 Å². The van der Waals surface area contributed by atoms with Crippen molar-refractivity contribution in [3.8, 4) is 0 Å². The molecule has 0 aromatic heterocycles. The predicted octanol–water partition coefficient (Wildman–Crippen LogP) is 4.96. The molecule has 1 saturated heterocycles. The molecule has 0 aliphatic carbocycles. The number of carbonyl (C=O) groups is 4. The van der Waals surface area contributed by atoms with Crippen molar-refractivity contribution in [2.24, 2.45) is 29.6 Å². The standard InChI is InChI=1S/C41H70N4O7/c1-14-27(6)37(44(11)41(50)31(25(2)3)23-33(46)36(26(4)5)43(9)10)34(51-12)24-35(47)45-22-18-21-32(45)39(52-13)28(7)40(49)42-29(8)38(48)30-19-16-15-17-20-30/h15-17,19-20,25-29,31-32,34,36-39,48H,14,18,21-24H2,1-13H3,(H,42,49)/t27-,28+,29+,31-,32-,34+,36-,37-,38+,39+/m0/s1. The molecular formula is C41H70N4O7. The fourth-order valence-electron chi connectivity index (χ4n) is 8.14. The topological polar surface area (TPSA) is 129 Å². The van der Waals surface area contributed by atoms with E-state index in [1.54, 1.807) is 40.0 Å². The summed E-state index contributed by atoms with van der Waals surface area (Å²) in [6.45, 7) is 16.2. The number of hydrogen-bond donors (Lipinski definition) is 2. The maximum Gasteiger partial charge on any atom is 0.226 e. The molecule has 1 heterocycles. The van der Waals surface area contributed by atoms with E-state index in [1.165, 1.54) is 0 Å².